The van der Waals surface area contributed by atoms with E-state index in [4.69, 9.17) is 5.11 Å². The molecule has 1 saturated heterocycles. The Labute approximate surface area is 100 Å². The van der Waals surface area contributed by atoms with E-state index in [9.17, 15) is 18.0 Å². The van der Waals surface area contributed by atoms with Crippen LogP contribution in [0, 0.1) is 0 Å². The first-order valence-corrected chi connectivity index (χ1v) is 7.36. The summed E-state index contributed by atoms with van der Waals surface area (Å²) in [6.45, 7) is 0.206. The quantitative estimate of drug-likeness (QED) is 0.676. The Morgan fingerprint density at radius 1 is 1.29 bits per heavy atom. The van der Waals surface area contributed by atoms with E-state index in [-0.39, 0.29) is 18.7 Å². The van der Waals surface area contributed by atoms with Crippen molar-refractivity contribution in [1.82, 2.24) is 5.32 Å². The molecule has 1 aliphatic heterocycles. The SMILES string of the molecule is O=C(O)CCCNC(=O)C1CCCCS1(=O)=O. The van der Waals surface area contributed by atoms with Gasteiger partial charge in [0.2, 0.25) is 5.91 Å². The third-order valence-electron chi connectivity index (χ3n) is 2.74. The number of carboxylic acids is 1. The summed E-state index contributed by atoms with van der Waals surface area (Å²) in [6.07, 6.45) is 2.01. The molecule has 0 bridgehead atoms. The van der Waals surface area contributed by atoms with Gasteiger partial charge in [0.05, 0.1) is 5.75 Å². The van der Waals surface area contributed by atoms with Crippen molar-refractivity contribution in [3.63, 3.8) is 0 Å². The number of hydrogen-bond acceptors (Lipinski definition) is 4. The van der Waals surface area contributed by atoms with Crippen molar-refractivity contribution >= 4 is 21.7 Å². The molecule has 7 heteroatoms. The van der Waals surface area contributed by atoms with E-state index in [1.165, 1.54) is 0 Å². The summed E-state index contributed by atoms with van der Waals surface area (Å²) in [5.41, 5.74) is 0. The molecule has 0 radical (unpaired) electrons. The number of carbonyl (C=O) groups excluding carboxylic acids is 1. The molecule has 0 aromatic rings. The molecular formula is C10H17NO5S. The lowest BCUT2D eigenvalue weighted by Crippen LogP contribution is -2.43. The van der Waals surface area contributed by atoms with Gasteiger partial charge in [-0.05, 0) is 19.3 Å². The Bertz CT molecular complexity index is 390. The van der Waals surface area contributed by atoms with Crippen LogP contribution < -0.4 is 5.32 Å². The van der Waals surface area contributed by atoms with Crippen molar-refractivity contribution in [3.8, 4) is 0 Å². The molecule has 0 aromatic heterocycles. The van der Waals surface area contributed by atoms with Crippen LogP contribution in [0.1, 0.15) is 32.1 Å². The summed E-state index contributed by atoms with van der Waals surface area (Å²) in [5.74, 6) is -1.35. The molecule has 0 saturated carbocycles. The molecule has 1 unspecified atom stereocenters. The molecule has 2 N–H and O–H groups in total. The summed E-state index contributed by atoms with van der Waals surface area (Å²) >= 11 is 0. The van der Waals surface area contributed by atoms with Gasteiger partial charge in [-0.25, -0.2) is 8.42 Å². The Morgan fingerprint density at radius 2 is 2.00 bits per heavy atom. The van der Waals surface area contributed by atoms with E-state index in [2.05, 4.69) is 5.32 Å². The Kier molecular flexibility index (Phi) is 4.92. The minimum absolute atomic E-state index is 0.0301. The monoisotopic (exact) mass is 263 g/mol. The molecule has 1 atom stereocenters. The summed E-state index contributed by atoms with van der Waals surface area (Å²) in [5, 5.41) is 9.94. The maximum Gasteiger partial charge on any atom is 0.303 e. The molecule has 1 amide bonds. The fourth-order valence-corrected chi connectivity index (χ4v) is 3.64. The minimum atomic E-state index is -3.30. The molecule has 0 aliphatic carbocycles. The van der Waals surface area contributed by atoms with Crippen molar-refractivity contribution < 1.29 is 23.1 Å². The van der Waals surface area contributed by atoms with E-state index < -0.39 is 27.0 Å². The third kappa shape index (κ3) is 4.33. The first kappa shape index (κ1) is 14.0. The largest absolute Gasteiger partial charge is 0.481 e. The van der Waals surface area contributed by atoms with Gasteiger partial charge in [0, 0.05) is 13.0 Å². The van der Waals surface area contributed by atoms with Crippen LogP contribution in [0.5, 0.6) is 0 Å². The second kappa shape index (κ2) is 6.00. The van der Waals surface area contributed by atoms with Crippen LogP contribution in [-0.2, 0) is 19.4 Å². The lowest BCUT2D eigenvalue weighted by molar-refractivity contribution is -0.137. The molecule has 98 valence electrons. The molecule has 1 rings (SSSR count). The van der Waals surface area contributed by atoms with E-state index in [0.717, 1.165) is 6.42 Å². The summed E-state index contributed by atoms with van der Waals surface area (Å²) in [6, 6.07) is 0. The number of carbonyl (C=O) groups is 2. The number of aliphatic carboxylic acids is 1. The van der Waals surface area contributed by atoms with Gasteiger partial charge in [-0.2, -0.15) is 0 Å². The van der Waals surface area contributed by atoms with Gasteiger partial charge in [-0.1, -0.05) is 6.42 Å². The number of nitrogens with one attached hydrogen (secondary N) is 1. The standard InChI is InChI=1S/C10H17NO5S/c12-9(13)5-3-6-11-10(14)8-4-1-2-7-17(8,15)16/h8H,1-7H2,(H,11,14)(H,12,13). The normalized spacial score (nSPS) is 22.9. The number of hydrogen-bond donors (Lipinski definition) is 2. The van der Waals surface area contributed by atoms with Crippen LogP contribution in [0.4, 0.5) is 0 Å². The Balaban J connectivity index is 2.39. The summed E-state index contributed by atoms with van der Waals surface area (Å²) < 4.78 is 23.2. The topological polar surface area (TPSA) is 101 Å². The predicted molar refractivity (Wildman–Crippen MR) is 61.3 cm³/mol. The first-order chi connectivity index (χ1) is 7.93. The highest BCUT2D eigenvalue weighted by Gasteiger charge is 2.34. The van der Waals surface area contributed by atoms with Crippen LogP contribution in [-0.4, -0.2) is 42.9 Å². The maximum atomic E-state index is 11.6. The number of rotatable bonds is 5. The van der Waals surface area contributed by atoms with Crippen LogP contribution in [0.2, 0.25) is 0 Å². The molecule has 6 nitrogen and oxygen atoms in total. The average molecular weight is 263 g/mol. The van der Waals surface area contributed by atoms with E-state index in [0.29, 0.717) is 19.3 Å². The fraction of sp³-hybridized carbons (Fsp3) is 0.800. The fourth-order valence-electron chi connectivity index (χ4n) is 1.81. The predicted octanol–water partition coefficient (Wildman–Crippen LogP) is -0.0653. The van der Waals surface area contributed by atoms with E-state index in [1.54, 1.807) is 0 Å². The van der Waals surface area contributed by atoms with Crippen molar-refractivity contribution in [1.29, 1.82) is 0 Å². The molecule has 0 aromatic carbocycles. The second-order valence-electron chi connectivity index (χ2n) is 4.14. The number of carboxylic acid groups (broad SMARTS) is 1. The van der Waals surface area contributed by atoms with Crippen molar-refractivity contribution in [2.45, 2.75) is 37.4 Å². The van der Waals surface area contributed by atoms with Gasteiger partial charge in [-0.15, -0.1) is 0 Å². The van der Waals surface area contributed by atoms with Gasteiger partial charge in [0.25, 0.3) is 0 Å². The second-order valence-corrected chi connectivity index (χ2v) is 6.44. The van der Waals surface area contributed by atoms with Crippen LogP contribution in [0.3, 0.4) is 0 Å². The molecule has 17 heavy (non-hydrogen) atoms. The van der Waals surface area contributed by atoms with E-state index >= 15 is 0 Å². The average Bonchev–Trinajstić information content (AvgIpc) is 2.23. The molecule has 1 fully saturated rings. The minimum Gasteiger partial charge on any atom is -0.481 e. The Morgan fingerprint density at radius 3 is 2.59 bits per heavy atom. The van der Waals surface area contributed by atoms with E-state index in [1.807, 2.05) is 0 Å². The molecule has 1 heterocycles. The highest BCUT2D eigenvalue weighted by molar-refractivity contribution is 7.92. The summed E-state index contributed by atoms with van der Waals surface area (Å²) in [4.78, 5) is 21.9. The van der Waals surface area contributed by atoms with Gasteiger partial charge < -0.3 is 10.4 Å². The maximum absolute atomic E-state index is 11.6. The zero-order valence-corrected chi connectivity index (χ0v) is 10.3. The zero-order valence-electron chi connectivity index (χ0n) is 9.52. The zero-order chi connectivity index (χ0) is 12.9. The first-order valence-electron chi connectivity index (χ1n) is 5.64. The van der Waals surface area contributed by atoms with Gasteiger partial charge in [0.15, 0.2) is 9.84 Å². The number of amides is 1. The number of sulfone groups is 1. The van der Waals surface area contributed by atoms with Gasteiger partial charge in [-0.3, -0.25) is 9.59 Å². The molecule has 1 aliphatic rings. The van der Waals surface area contributed by atoms with Crippen molar-refractivity contribution in [2.24, 2.45) is 0 Å². The Hall–Kier alpha value is -1.11. The lowest BCUT2D eigenvalue weighted by Gasteiger charge is -2.21. The lowest BCUT2D eigenvalue weighted by atomic mass is 10.2. The van der Waals surface area contributed by atoms with Crippen molar-refractivity contribution in [3.05, 3.63) is 0 Å². The highest BCUT2D eigenvalue weighted by atomic mass is 32.2. The molecule has 0 spiro atoms. The van der Waals surface area contributed by atoms with Gasteiger partial charge >= 0.3 is 5.97 Å². The van der Waals surface area contributed by atoms with Gasteiger partial charge in [0.1, 0.15) is 5.25 Å². The summed E-state index contributed by atoms with van der Waals surface area (Å²) in [7, 11) is -3.30. The van der Waals surface area contributed by atoms with Crippen LogP contribution in [0.25, 0.3) is 0 Å². The van der Waals surface area contributed by atoms with Crippen LogP contribution in [0.15, 0.2) is 0 Å². The smallest absolute Gasteiger partial charge is 0.303 e. The third-order valence-corrected chi connectivity index (χ3v) is 4.91. The van der Waals surface area contributed by atoms with Crippen LogP contribution >= 0.6 is 0 Å². The van der Waals surface area contributed by atoms with Crippen molar-refractivity contribution in [2.75, 3.05) is 12.3 Å². The molecular weight excluding hydrogens is 246 g/mol. The highest BCUT2D eigenvalue weighted by Crippen LogP contribution is 2.19.